The zero-order valence-corrected chi connectivity index (χ0v) is 11.6. The van der Waals surface area contributed by atoms with Crippen molar-refractivity contribution in [3.05, 3.63) is 40.3 Å². The largest absolute Gasteiger partial charge is 0.401 e. The molecular formula is C15H17ClFNO. The van der Waals surface area contributed by atoms with Gasteiger partial charge < -0.3 is 5.73 Å². The van der Waals surface area contributed by atoms with E-state index in [0.29, 0.717) is 23.3 Å². The van der Waals surface area contributed by atoms with Gasteiger partial charge in [-0.3, -0.25) is 4.79 Å². The maximum absolute atomic E-state index is 13.5. The first-order valence-corrected chi connectivity index (χ1v) is 6.91. The number of hydrogen-bond acceptors (Lipinski definition) is 2. The zero-order valence-electron chi connectivity index (χ0n) is 10.9. The van der Waals surface area contributed by atoms with Gasteiger partial charge in [0.1, 0.15) is 5.82 Å². The molecule has 1 aromatic carbocycles. The van der Waals surface area contributed by atoms with Crippen LogP contribution in [0, 0.1) is 11.7 Å². The molecular weight excluding hydrogens is 265 g/mol. The maximum Gasteiger partial charge on any atom is 0.168 e. The Kier molecular flexibility index (Phi) is 4.25. The van der Waals surface area contributed by atoms with Crippen molar-refractivity contribution >= 4 is 23.0 Å². The molecule has 1 aromatic rings. The van der Waals surface area contributed by atoms with Gasteiger partial charge in [0, 0.05) is 22.8 Å². The number of carbonyl (C=O) groups is 1. The lowest BCUT2D eigenvalue weighted by molar-refractivity contribution is -0.116. The molecule has 0 saturated carbocycles. The van der Waals surface area contributed by atoms with Crippen molar-refractivity contribution < 1.29 is 9.18 Å². The van der Waals surface area contributed by atoms with E-state index in [2.05, 4.69) is 6.92 Å². The number of rotatable bonds is 4. The van der Waals surface area contributed by atoms with E-state index in [1.165, 1.54) is 6.07 Å². The van der Waals surface area contributed by atoms with Gasteiger partial charge >= 0.3 is 0 Å². The van der Waals surface area contributed by atoms with Crippen molar-refractivity contribution in [2.24, 2.45) is 11.7 Å². The van der Waals surface area contributed by atoms with Gasteiger partial charge in [0.2, 0.25) is 0 Å². The van der Waals surface area contributed by atoms with E-state index in [1.54, 1.807) is 12.1 Å². The Morgan fingerprint density at radius 1 is 1.47 bits per heavy atom. The molecule has 0 amide bonds. The first-order chi connectivity index (χ1) is 9.06. The van der Waals surface area contributed by atoms with Gasteiger partial charge in [-0.15, -0.1) is 0 Å². The number of benzene rings is 1. The summed E-state index contributed by atoms with van der Waals surface area (Å²) < 4.78 is 13.5. The van der Waals surface area contributed by atoms with Gasteiger partial charge in [0.05, 0.1) is 5.02 Å². The standard InChI is InChI=1S/C15H17ClFNO/c1-2-3-5-9-8-12(18)13(15(9)19)10-6-4-7-11(17)14(10)16/h4,6-7,9H,2-3,5,8,18H2,1H3. The molecule has 1 unspecified atom stereocenters. The van der Waals surface area contributed by atoms with E-state index in [0.717, 1.165) is 19.3 Å². The van der Waals surface area contributed by atoms with Crippen LogP contribution in [0.5, 0.6) is 0 Å². The number of carbonyl (C=O) groups excluding carboxylic acids is 1. The molecule has 0 spiro atoms. The molecule has 0 aliphatic heterocycles. The van der Waals surface area contributed by atoms with Crippen molar-refractivity contribution in [2.75, 3.05) is 0 Å². The van der Waals surface area contributed by atoms with E-state index in [-0.39, 0.29) is 16.7 Å². The molecule has 19 heavy (non-hydrogen) atoms. The van der Waals surface area contributed by atoms with Crippen LogP contribution in [0.25, 0.3) is 5.57 Å². The van der Waals surface area contributed by atoms with Crippen LogP contribution in [-0.2, 0) is 4.79 Å². The van der Waals surface area contributed by atoms with Crippen LogP contribution in [0.2, 0.25) is 5.02 Å². The number of allylic oxidation sites excluding steroid dienone is 2. The summed E-state index contributed by atoms with van der Waals surface area (Å²) in [5.41, 5.74) is 7.31. The fourth-order valence-electron chi connectivity index (χ4n) is 2.51. The minimum Gasteiger partial charge on any atom is -0.401 e. The third-order valence-electron chi connectivity index (χ3n) is 3.53. The molecule has 102 valence electrons. The Morgan fingerprint density at radius 3 is 2.89 bits per heavy atom. The van der Waals surface area contributed by atoms with Crippen LogP contribution in [0.15, 0.2) is 23.9 Å². The number of ketones is 1. The first kappa shape index (κ1) is 14.1. The summed E-state index contributed by atoms with van der Waals surface area (Å²) in [5, 5.41) is -0.0232. The highest BCUT2D eigenvalue weighted by Gasteiger charge is 2.33. The average Bonchev–Trinajstić information content (AvgIpc) is 2.66. The van der Waals surface area contributed by atoms with Crippen molar-refractivity contribution in [1.82, 2.24) is 0 Å². The molecule has 1 aliphatic carbocycles. The molecule has 4 heteroatoms. The van der Waals surface area contributed by atoms with E-state index in [4.69, 9.17) is 17.3 Å². The van der Waals surface area contributed by atoms with Crippen molar-refractivity contribution in [3.8, 4) is 0 Å². The summed E-state index contributed by atoms with van der Waals surface area (Å²) in [5.74, 6) is -0.600. The topological polar surface area (TPSA) is 43.1 Å². The molecule has 0 heterocycles. The smallest absolute Gasteiger partial charge is 0.168 e. The minimum atomic E-state index is -0.524. The van der Waals surface area contributed by atoms with Crippen LogP contribution in [0.1, 0.15) is 38.2 Å². The Balaban J connectivity index is 2.32. The van der Waals surface area contributed by atoms with Crippen LogP contribution in [-0.4, -0.2) is 5.78 Å². The lowest BCUT2D eigenvalue weighted by Crippen LogP contribution is -2.10. The molecule has 0 fully saturated rings. The Bertz CT molecular complexity index is 539. The molecule has 0 aromatic heterocycles. The quantitative estimate of drug-likeness (QED) is 0.909. The van der Waals surface area contributed by atoms with Gasteiger partial charge in [0.25, 0.3) is 0 Å². The van der Waals surface area contributed by atoms with Gasteiger partial charge in [-0.1, -0.05) is 43.5 Å². The summed E-state index contributed by atoms with van der Waals surface area (Å²) in [6.07, 6.45) is 3.42. The average molecular weight is 282 g/mol. The summed E-state index contributed by atoms with van der Waals surface area (Å²) in [6.45, 7) is 2.08. The summed E-state index contributed by atoms with van der Waals surface area (Å²) >= 11 is 5.94. The predicted molar refractivity (Wildman–Crippen MR) is 75.2 cm³/mol. The van der Waals surface area contributed by atoms with E-state index >= 15 is 0 Å². The van der Waals surface area contributed by atoms with Gasteiger partial charge in [-0.2, -0.15) is 0 Å². The zero-order chi connectivity index (χ0) is 14.0. The van der Waals surface area contributed by atoms with E-state index < -0.39 is 5.82 Å². The van der Waals surface area contributed by atoms with Crippen LogP contribution in [0.4, 0.5) is 4.39 Å². The molecule has 0 radical (unpaired) electrons. The van der Waals surface area contributed by atoms with Crippen molar-refractivity contribution in [1.29, 1.82) is 0 Å². The SMILES string of the molecule is CCCCC1CC(N)=C(c2cccc(F)c2Cl)C1=O. The number of halogens is 2. The summed E-state index contributed by atoms with van der Waals surface area (Å²) in [7, 11) is 0. The lowest BCUT2D eigenvalue weighted by Gasteiger charge is -2.09. The Labute approximate surface area is 117 Å². The number of unbranched alkanes of at least 4 members (excludes halogenated alkanes) is 1. The second kappa shape index (κ2) is 5.74. The van der Waals surface area contributed by atoms with Gasteiger partial charge in [-0.25, -0.2) is 4.39 Å². The highest BCUT2D eigenvalue weighted by Crippen LogP contribution is 2.38. The maximum atomic E-state index is 13.5. The molecule has 1 aliphatic rings. The van der Waals surface area contributed by atoms with Gasteiger partial charge in [-0.05, 0) is 18.9 Å². The second-order valence-corrected chi connectivity index (χ2v) is 5.29. The third kappa shape index (κ3) is 2.66. The second-order valence-electron chi connectivity index (χ2n) is 4.91. The fraction of sp³-hybridized carbons (Fsp3) is 0.400. The van der Waals surface area contributed by atoms with E-state index in [9.17, 15) is 9.18 Å². The minimum absolute atomic E-state index is 0.00144. The van der Waals surface area contributed by atoms with E-state index in [1.807, 2.05) is 0 Å². The highest BCUT2D eigenvalue weighted by atomic mass is 35.5. The highest BCUT2D eigenvalue weighted by molar-refractivity contribution is 6.36. The molecule has 2 N–H and O–H groups in total. The summed E-state index contributed by atoms with van der Waals surface area (Å²) in [6, 6.07) is 4.47. The van der Waals surface area contributed by atoms with Crippen LogP contribution in [0.3, 0.4) is 0 Å². The van der Waals surface area contributed by atoms with Gasteiger partial charge in [0.15, 0.2) is 5.78 Å². The summed E-state index contributed by atoms with van der Waals surface area (Å²) in [4.78, 5) is 12.4. The van der Waals surface area contributed by atoms with Crippen molar-refractivity contribution in [2.45, 2.75) is 32.6 Å². The first-order valence-electron chi connectivity index (χ1n) is 6.53. The monoisotopic (exact) mass is 281 g/mol. The normalized spacial score (nSPS) is 19.3. The predicted octanol–water partition coefficient (Wildman–Crippen LogP) is 3.93. The number of Topliss-reactive ketones (excluding diaryl/α,β-unsaturated/α-hetero) is 1. The molecule has 0 bridgehead atoms. The number of hydrogen-bond donors (Lipinski definition) is 1. The Hall–Kier alpha value is -1.35. The molecule has 0 saturated heterocycles. The van der Waals surface area contributed by atoms with Crippen LogP contribution < -0.4 is 5.73 Å². The molecule has 2 rings (SSSR count). The Morgan fingerprint density at radius 2 is 2.21 bits per heavy atom. The number of nitrogens with two attached hydrogens (primary N) is 1. The third-order valence-corrected chi connectivity index (χ3v) is 3.92. The van der Waals surface area contributed by atoms with Crippen molar-refractivity contribution in [3.63, 3.8) is 0 Å². The van der Waals surface area contributed by atoms with Crippen LogP contribution >= 0.6 is 11.6 Å². The molecule has 2 nitrogen and oxygen atoms in total. The molecule has 1 atom stereocenters. The fourth-order valence-corrected chi connectivity index (χ4v) is 2.73. The lowest BCUT2D eigenvalue weighted by atomic mass is 9.95.